The highest BCUT2D eigenvalue weighted by Crippen LogP contribution is 2.13. The molecular weight excluding hydrogens is 177 g/mol. The van der Waals surface area contributed by atoms with E-state index in [1.807, 2.05) is 19.9 Å². The van der Waals surface area contributed by atoms with Crippen LogP contribution in [-0.4, -0.2) is 12.8 Å². The van der Waals surface area contributed by atoms with E-state index in [9.17, 15) is 0 Å². The first-order chi connectivity index (χ1) is 6.22. The Morgan fingerprint density at radius 3 is 2.54 bits per heavy atom. The van der Waals surface area contributed by atoms with Crippen molar-refractivity contribution in [2.75, 3.05) is 0 Å². The average Bonchev–Trinajstić information content (AvgIpc) is 2.59. The van der Waals surface area contributed by atoms with Crippen molar-refractivity contribution >= 4 is 31.3 Å². The Balaban J connectivity index is 3.23. The molecule has 13 heavy (non-hydrogen) atoms. The second kappa shape index (κ2) is 4.61. The maximum atomic E-state index is 5.91. The molecular formula is C10H14BNS. The van der Waals surface area contributed by atoms with E-state index in [-0.39, 0.29) is 5.82 Å². The number of hydrogen-bond donors (Lipinski definition) is 0. The third-order valence-corrected chi connectivity index (χ3v) is 3.26. The Hall–Kier alpha value is -0.565. The van der Waals surface area contributed by atoms with Gasteiger partial charge in [-0.3, -0.25) is 0 Å². The molecule has 68 valence electrons. The van der Waals surface area contributed by atoms with Gasteiger partial charge in [0.15, 0.2) is 0 Å². The fourth-order valence-electron chi connectivity index (χ4n) is 1.11. The van der Waals surface area contributed by atoms with Crippen LogP contribution in [0.15, 0.2) is 0 Å². The van der Waals surface area contributed by atoms with Gasteiger partial charge in [-0.25, -0.2) is 4.98 Å². The second-order valence-corrected chi connectivity index (χ2v) is 3.96. The van der Waals surface area contributed by atoms with Crippen LogP contribution >= 0.6 is 11.3 Å². The molecule has 1 rings (SSSR count). The van der Waals surface area contributed by atoms with Gasteiger partial charge in [-0.2, -0.15) is 0 Å². The Labute approximate surface area is 84.6 Å². The normalized spacial score (nSPS) is 16.5. The molecule has 0 amide bonds. The van der Waals surface area contributed by atoms with E-state index in [0.717, 1.165) is 16.8 Å². The van der Waals surface area contributed by atoms with Crippen LogP contribution in [0.1, 0.15) is 38.0 Å². The lowest BCUT2D eigenvalue weighted by atomic mass is 9.86. The van der Waals surface area contributed by atoms with Crippen molar-refractivity contribution in [1.82, 2.24) is 4.98 Å². The summed E-state index contributed by atoms with van der Waals surface area (Å²) in [7, 11) is 5.91. The van der Waals surface area contributed by atoms with Crippen LogP contribution in [0.2, 0.25) is 0 Å². The van der Waals surface area contributed by atoms with Crippen molar-refractivity contribution in [3.05, 3.63) is 14.9 Å². The predicted octanol–water partition coefficient (Wildman–Crippen LogP) is 1.36. The van der Waals surface area contributed by atoms with Crippen LogP contribution in [-0.2, 0) is 0 Å². The van der Waals surface area contributed by atoms with E-state index in [1.54, 1.807) is 11.3 Å². The average molecular weight is 191 g/mol. The third-order valence-electron chi connectivity index (χ3n) is 1.99. The van der Waals surface area contributed by atoms with Crippen LogP contribution in [0, 0.1) is 0 Å². The molecule has 1 heterocycles. The molecule has 0 spiro atoms. The van der Waals surface area contributed by atoms with Gasteiger partial charge >= 0.3 is 0 Å². The van der Waals surface area contributed by atoms with E-state index in [0.29, 0.717) is 0 Å². The fourth-order valence-corrected chi connectivity index (χ4v) is 2.18. The zero-order valence-corrected chi connectivity index (χ0v) is 9.19. The first-order valence-electron chi connectivity index (χ1n) is 4.57. The SMILES string of the molecule is [B]C(CC)c1nc(=C/C)/c(=C\C)s1. The minimum atomic E-state index is 0.0948. The van der Waals surface area contributed by atoms with Crippen LogP contribution in [0.25, 0.3) is 12.2 Å². The highest BCUT2D eigenvalue weighted by molar-refractivity contribution is 7.09. The first kappa shape index (κ1) is 10.5. The van der Waals surface area contributed by atoms with Gasteiger partial charge in [0.25, 0.3) is 0 Å². The summed E-state index contributed by atoms with van der Waals surface area (Å²) < 4.78 is 1.22. The quantitative estimate of drug-likeness (QED) is 0.643. The molecule has 0 aliphatic rings. The molecule has 1 aromatic heterocycles. The minimum Gasteiger partial charge on any atom is -0.242 e. The van der Waals surface area contributed by atoms with Crippen LogP contribution in [0.3, 0.4) is 0 Å². The van der Waals surface area contributed by atoms with Gasteiger partial charge < -0.3 is 0 Å². The Morgan fingerprint density at radius 2 is 2.15 bits per heavy atom. The molecule has 0 fully saturated rings. The van der Waals surface area contributed by atoms with Gasteiger partial charge in [0.1, 0.15) is 0 Å². The Kier molecular flexibility index (Phi) is 3.73. The van der Waals surface area contributed by atoms with E-state index >= 15 is 0 Å². The van der Waals surface area contributed by atoms with Crippen LogP contribution < -0.4 is 9.88 Å². The molecule has 1 unspecified atom stereocenters. The second-order valence-electron chi connectivity index (χ2n) is 2.89. The van der Waals surface area contributed by atoms with E-state index in [4.69, 9.17) is 7.85 Å². The van der Waals surface area contributed by atoms with Crippen molar-refractivity contribution < 1.29 is 0 Å². The lowest BCUT2D eigenvalue weighted by molar-refractivity contribution is 0.867. The monoisotopic (exact) mass is 191 g/mol. The van der Waals surface area contributed by atoms with Gasteiger partial charge in [0.2, 0.25) is 0 Å². The number of aromatic nitrogens is 1. The van der Waals surface area contributed by atoms with E-state index in [2.05, 4.69) is 18.0 Å². The van der Waals surface area contributed by atoms with Crippen LogP contribution in [0.5, 0.6) is 0 Å². The van der Waals surface area contributed by atoms with Crippen molar-refractivity contribution in [2.24, 2.45) is 0 Å². The van der Waals surface area contributed by atoms with Crippen LogP contribution in [0.4, 0.5) is 0 Å². The van der Waals surface area contributed by atoms with Gasteiger partial charge in [-0.1, -0.05) is 25.5 Å². The molecule has 0 aromatic carbocycles. The molecule has 0 saturated carbocycles. The topological polar surface area (TPSA) is 12.9 Å². The van der Waals surface area contributed by atoms with Gasteiger partial charge in [0, 0.05) is 4.53 Å². The number of hydrogen-bond acceptors (Lipinski definition) is 2. The largest absolute Gasteiger partial charge is 0.242 e. The standard InChI is InChI=1S/C10H14BNS/c1-4-7(11)10-12-8(5-2)9(6-3)13-10/h5-7H,4H2,1-3H3/b8-5+,9-6+. The van der Waals surface area contributed by atoms with Crippen molar-refractivity contribution in [3.63, 3.8) is 0 Å². The first-order valence-corrected chi connectivity index (χ1v) is 5.39. The Bertz CT molecular complexity index is 349. The summed E-state index contributed by atoms with van der Waals surface area (Å²) in [5, 5.41) is 2.11. The number of rotatable bonds is 2. The smallest absolute Gasteiger partial charge is 0.0882 e. The van der Waals surface area contributed by atoms with E-state index in [1.165, 1.54) is 4.53 Å². The summed E-state index contributed by atoms with van der Waals surface area (Å²) in [5.74, 6) is 0.0948. The summed E-state index contributed by atoms with van der Waals surface area (Å²) in [6.07, 6.45) is 5.05. The number of thiazole rings is 1. The highest BCUT2D eigenvalue weighted by atomic mass is 32.1. The van der Waals surface area contributed by atoms with Crippen molar-refractivity contribution in [3.8, 4) is 0 Å². The molecule has 2 radical (unpaired) electrons. The molecule has 0 N–H and O–H groups in total. The molecule has 0 bridgehead atoms. The molecule has 0 aliphatic heterocycles. The summed E-state index contributed by atoms with van der Waals surface area (Å²) in [6.45, 7) is 6.11. The zero-order valence-electron chi connectivity index (χ0n) is 8.37. The lowest BCUT2D eigenvalue weighted by Gasteiger charge is -2.01. The zero-order chi connectivity index (χ0) is 9.84. The van der Waals surface area contributed by atoms with Gasteiger partial charge in [-0.05, 0) is 19.7 Å². The van der Waals surface area contributed by atoms with E-state index < -0.39 is 0 Å². The third kappa shape index (κ3) is 2.22. The predicted molar refractivity (Wildman–Crippen MR) is 60.4 cm³/mol. The summed E-state index contributed by atoms with van der Waals surface area (Å²) in [4.78, 5) is 4.48. The molecule has 0 aliphatic carbocycles. The number of nitrogens with zero attached hydrogens (tertiary/aromatic N) is 1. The summed E-state index contributed by atoms with van der Waals surface area (Å²) in [6, 6.07) is 0. The van der Waals surface area contributed by atoms with Crippen molar-refractivity contribution in [1.29, 1.82) is 0 Å². The maximum Gasteiger partial charge on any atom is 0.0882 e. The summed E-state index contributed by atoms with van der Waals surface area (Å²) >= 11 is 1.69. The molecule has 1 nitrogen and oxygen atoms in total. The molecule has 1 atom stereocenters. The molecule has 3 heteroatoms. The highest BCUT2D eigenvalue weighted by Gasteiger charge is 2.06. The van der Waals surface area contributed by atoms with Gasteiger partial charge in [-0.15, -0.1) is 11.3 Å². The summed E-state index contributed by atoms with van der Waals surface area (Å²) in [5.41, 5.74) is 0. The Morgan fingerprint density at radius 1 is 1.46 bits per heavy atom. The molecule has 0 saturated heterocycles. The van der Waals surface area contributed by atoms with Gasteiger partial charge in [0.05, 0.1) is 18.2 Å². The maximum absolute atomic E-state index is 5.91. The lowest BCUT2D eigenvalue weighted by Crippen LogP contribution is -2.19. The minimum absolute atomic E-state index is 0.0948. The molecule has 1 aromatic rings. The fraction of sp³-hybridized carbons (Fsp3) is 0.500. The van der Waals surface area contributed by atoms with Crippen molar-refractivity contribution in [2.45, 2.75) is 33.0 Å².